The van der Waals surface area contributed by atoms with E-state index in [2.05, 4.69) is 21.3 Å². The molecule has 0 spiro atoms. The number of phenols is 2. The lowest BCUT2D eigenvalue weighted by molar-refractivity contribution is -0.266. The minimum Gasteiger partial charge on any atom is -0.507 e. The average Bonchev–Trinajstić information content (AvgIpc) is 1.05. The van der Waals surface area contributed by atoms with E-state index < -0.39 is 156 Å². The maximum atomic E-state index is 14.3. The number of carbonyl (C=O) groups is 11. The van der Waals surface area contributed by atoms with Crippen LogP contribution in [0.3, 0.4) is 0 Å². The molecule has 10 N–H and O–H groups in total. The molecule has 4 aromatic carbocycles. The summed E-state index contributed by atoms with van der Waals surface area (Å²) in [6, 6.07) is 14.0. The Bertz CT molecular complexity index is 3780. The number of morpholine rings is 1. The number of anilines is 2. The number of methoxy groups -OCH3 is 2. The molecule has 3 heterocycles. The lowest BCUT2D eigenvalue weighted by Gasteiger charge is -2.47. The second-order valence-corrected chi connectivity index (χ2v) is 26.0. The molecule has 9 atom stereocenters. The molecule has 5 aliphatic rings. The van der Waals surface area contributed by atoms with Crippen LogP contribution in [0.4, 0.5) is 25.8 Å². The van der Waals surface area contributed by atoms with Gasteiger partial charge >= 0.3 is 18.2 Å². The number of benzene rings is 4. The number of aromatic hydroxyl groups is 2. The summed E-state index contributed by atoms with van der Waals surface area (Å²) >= 11 is 0. The van der Waals surface area contributed by atoms with Gasteiger partial charge in [-0.15, -0.1) is 0 Å². The maximum absolute atomic E-state index is 14.3. The molecule has 0 saturated carbocycles. The van der Waals surface area contributed by atoms with Crippen molar-refractivity contribution in [2.24, 2.45) is 11.7 Å². The number of likely N-dealkylation sites (N-methyl/N-ethyl adjacent to an activating group) is 2. The Balaban J connectivity index is 0.770. The number of Topliss-reactive ketones (excluding diaryl/α,β-unsaturated/α-hetero) is 1. The molecule has 31 nitrogen and oxygen atoms in total. The molecule has 4 aromatic rings. The van der Waals surface area contributed by atoms with Gasteiger partial charge in [0.1, 0.15) is 41.5 Å². The number of nitrogens with one attached hydrogen (secondary N) is 4. The summed E-state index contributed by atoms with van der Waals surface area (Å²) in [6.07, 6.45) is -6.77. The highest BCUT2D eigenvalue weighted by molar-refractivity contribution is 6.31. The molecule has 101 heavy (non-hydrogen) atoms. The van der Waals surface area contributed by atoms with Crippen molar-refractivity contribution in [1.29, 1.82) is 0 Å². The SMILES string of the molecule is COc1cccc2c1C(=O)c1c(O)c3c(c(O)c1C2=O)C[C@@](O)(C(=O)COC(=O)N(C)CCN(C)C(=O)OCc1ccc(NC(=O)[C@H](CCCNC(N)=O)NC(=O)C(NC(=O)CCCc2ccc(N4C(=O)CCC4=O)cc2)C(C)C)cc1)C[C@@H]3O[C@H]1C[C@H](N2CCO[C@H](OC)C2)[C@H](O)[C@H](C)O1. The number of amides is 9. The molecule has 31 heteroatoms. The molecule has 3 fully saturated rings. The van der Waals surface area contributed by atoms with Crippen LogP contribution in [-0.4, -0.2) is 223 Å². The quantitative estimate of drug-likeness (QED) is 0.0197. The standard InChI is InChI=1S/C70H87N9O22/c1-37(2)59(75-50(81)15-8-11-39-18-22-42(23-19-39)79-51(82)24-25-52(79)83)66(90)74-45(13-10-26-72-67(71)91)65(89)73-41-20-16-40(17-21-41)35-98-68(92)76(4)27-28-77(5)69(93)99-36-49(80)70(94)32-44-56(64(88)58-57(62(44)86)61(85)43-12-9-14-47(95-6)55(43)63(58)87)48(33-70)101-53-31-46(60(84)38(3)100-53)78-29-30-97-54(34-78)96-7/h9,12,14,16-23,37-38,45-46,48,53-54,59-60,84,86,88,94H,8,10-11,13,15,24-36H2,1-7H3,(H,73,89)(H,74,90)(H,75,81)(H3,71,72,91)/t38-,45-,46-,48-,53-,54-,59?,60+,70-/m0/s1. The van der Waals surface area contributed by atoms with Crippen molar-refractivity contribution < 1.29 is 106 Å². The summed E-state index contributed by atoms with van der Waals surface area (Å²) in [7, 11) is 5.53. The van der Waals surface area contributed by atoms with E-state index in [1.165, 1.54) is 51.4 Å². The lowest BCUT2D eigenvalue weighted by Crippen LogP contribution is -2.59. The van der Waals surface area contributed by atoms with Gasteiger partial charge < -0.3 is 90.4 Å². The monoisotopic (exact) mass is 1410 g/mol. The van der Waals surface area contributed by atoms with E-state index in [1.54, 1.807) is 69.3 Å². The van der Waals surface area contributed by atoms with Crippen molar-refractivity contribution in [2.45, 2.75) is 146 Å². The summed E-state index contributed by atoms with van der Waals surface area (Å²) < 4.78 is 40.1. The Morgan fingerprint density at radius 1 is 0.802 bits per heavy atom. The van der Waals surface area contributed by atoms with Gasteiger partial charge in [0.05, 0.1) is 54.4 Å². The Morgan fingerprint density at radius 2 is 1.47 bits per heavy atom. The number of ether oxygens (including phenoxy) is 7. The number of primary amides is 1. The predicted molar refractivity (Wildman–Crippen MR) is 357 cm³/mol. The van der Waals surface area contributed by atoms with E-state index in [9.17, 15) is 73.2 Å². The van der Waals surface area contributed by atoms with Crippen LogP contribution in [0.2, 0.25) is 0 Å². The summed E-state index contributed by atoms with van der Waals surface area (Å²) in [6.45, 7) is 4.70. The van der Waals surface area contributed by atoms with Crippen LogP contribution in [0.25, 0.3) is 0 Å². The number of ketones is 3. The van der Waals surface area contributed by atoms with E-state index in [1.807, 2.05) is 4.90 Å². The van der Waals surface area contributed by atoms with Gasteiger partial charge in [0.25, 0.3) is 0 Å². The summed E-state index contributed by atoms with van der Waals surface area (Å²) in [5.74, 6) is -6.84. The number of nitrogens with two attached hydrogens (primary N) is 1. The first-order valence-electron chi connectivity index (χ1n) is 33.3. The Hall–Kier alpha value is -9.63. The number of hydrogen-bond donors (Lipinski definition) is 9. The third-order valence-electron chi connectivity index (χ3n) is 18.7. The van der Waals surface area contributed by atoms with Gasteiger partial charge in [-0.3, -0.25) is 48.2 Å². The minimum atomic E-state index is -2.52. The molecule has 9 amide bonds. The summed E-state index contributed by atoms with van der Waals surface area (Å²) in [5, 5.41) is 58.8. The zero-order chi connectivity index (χ0) is 73.1. The van der Waals surface area contributed by atoms with Crippen LogP contribution in [0, 0.1) is 5.92 Å². The number of hydrogen-bond acceptors (Lipinski definition) is 23. The normalized spacial score (nSPS) is 21.7. The molecule has 3 aliphatic heterocycles. The predicted octanol–water partition coefficient (Wildman–Crippen LogP) is 3.38. The summed E-state index contributed by atoms with van der Waals surface area (Å²) in [5.41, 5.74) is 2.96. The van der Waals surface area contributed by atoms with Crippen LogP contribution < -0.4 is 36.6 Å². The van der Waals surface area contributed by atoms with Crippen LogP contribution in [0.1, 0.15) is 132 Å². The van der Waals surface area contributed by atoms with Crippen LogP contribution in [-0.2, 0) is 76.6 Å². The van der Waals surface area contributed by atoms with Gasteiger partial charge in [0.2, 0.25) is 41.1 Å². The minimum absolute atomic E-state index is 0.0105. The van der Waals surface area contributed by atoms with Crippen molar-refractivity contribution in [3.8, 4) is 17.2 Å². The molecule has 9 rings (SSSR count). The van der Waals surface area contributed by atoms with Crippen molar-refractivity contribution in [3.05, 3.63) is 111 Å². The lowest BCUT2D eigenvalue weighted by atomic mass is 9.72. The third kappa shape index (κ3) is 17.8. The molecule has 544 valence electrons. The fourth-order valence-electron chi connectivity index (χ4n) is 13.0. The van der Waals surface area contributed by atoms with Gasteiger partial charge in [-0.25, -0.2) is 14.4 Å². The highest BCUT2D eigenvalue weighted by Gasteiger charge is 2.51. The van der Waals surface area contributed by atoms with Crippen molar-refractivity contribution in [3.63, 3.8) is 0 Å². The number of carbonyl (C=O) groups excluding carboxylic acids is 11. The molecule has 0 radical (unpaired) electrons. The van der Waals surface area contributed by atoms with E-state index in [0.29, 0.717) is 36.3 Å². The van der Waals surface area contributed by atoms with Crippen molar-refractivity contribution >= 4 is 76.5 Å². The number of fused-ring (bicyclic) bond motifs is 3. The fraction of sp³-hybridized carbons (Fsp3) is 0.500. The van der Waals surface area contributed by atoms with E-state index in [4.69, 9.17) is 38.9 Å². The van der Waals surface area contributed by atoms with Gasteiger partial charge in [0, 0.05) is 121 Å². The number of nitrogens with zero attached hydrogens (tertiary/aromatic N) is 4. The van der Waals surface area contributed by atoms with Crippen molar-refractivity contribution in [2.75, 3.05) is 84.5 Å². The zero-order valence-corrected chi connectivity index (χ0v) is 57.3. The highest BCUT2D eigenvalue weighted by atomic mass is 16.7. The largest absolute Gasteiger partial charge is 0.507 e. The second-order valence-electron chi connectivity index (χ2n) is 26.0. The number of rotatable bonds is 28. The molecule has 3 saturated heterocycles. The van der Waals surface area contributed by atoms with E-state index in [-0.39, 0.29) is 118 Å². The molecule has 2 aliphatic carbocycles. The fourth-order valence-corrected chi connectivity index (χ4v) is 13.0. The zero-order valence-electron chi connectivity index (χ0n) is 57.3. The number of aryl methyl sites for hydroxylation is 1. The Labute approximate surface area is 582 Å². The molecular formula is C70H87N9O22. The van der Waals surface area contributed by atoms with Gasteiger partial charge in [0.15, 0.2) is 25.0 Å². The number of imide groups is 1. The summed E-state index contributed by atoms with van der Waals surface area (Å²) in [4.78, 5) is 151. The average molecular weight is 1410 g/mol. The topological polar surface area (TPSA) is 420 Å². The number of phenolic OH excluding ortho intramolecular Hbond substituents is 2. The highest BCUT2D eigenvalue weighted by Crippen LogP contribution is 2.53. The first-order chi connectivity index (χ1) is 48.1. The molecule has 0 aromatic heterocycles. The van der Waals surface area contributed by atoms with Gasteiger partial charge in [-0.1, -0.05) is 50.2 Å². The van der Waals surface area contributed by atoms with Crippen LogP contribution in [0.5, 0.6) is 17.2 Å². The number of aliphatic hydroxyl groups is 2. The first-order valence-corrected chi connectivity index (χ1v) is 33.3. The van der Waals surface area contributed by atoms with Gasteiger partial charge in [-0.2, -0.15) is 0 Å². The smallest absolute Gasteiger partial charge is 0.409 e. The Kier molecular flexibility index (Phi) is 24.9. The van der Waals surface area contributed by atoms with E-state index >= 15 is 0 Å². The van der Waals surface area contributed by atoms with Crippen molar-refractivity contribution in [1.82, 2.24) is 30.7 Å². The number of urea groups is 1. The van der Waals surface area contributed by atoms with Crippen LogP contribution in [0.15, 0.2) is 66.7 Å². The number of aliphatic hydroxyl groups excluding tert-OH is 1. The Morgan fingerprint density at radius 3 is 2.12 bits per heavy atom. The maximum Gasteiger partial charge on any atom is 0.409 e. The van der Waals surface area contributed by atoms with Gasteiger partial charge in [-0.05, 0) is 80.0 Å². The molecule has 1 unspecified atom stereocenters. The molecule has 0 bridgehead atoms. The first kappa shape index (κ1) is 75.6. The second kappa shape index (κ2) is 33.2. The molecular weight excluding hydrogens is 1320 g/mol. The van der Waals surface area contributed by atoms with E-state index in [0.717, 1.165) is 15.4 Å². The van der Waals surface area contributed by atoms with Crippen LogP contribution >= 0.6 is 0 Å². The third-order valence-corrected chi connectivity index (χ3v) is 18.7.